The van der Waals surface area contributed by atoms with Crippen molar-refractivity contribution in [2.24, 2.45) is 5.73 Å². The van der Waals surface area contributed by atoms with Crippen molar-refractivity contribution in [1.29, 1.82) is 0 Å². The van der Waals surface area contributed by atoms with Gasteiger partial charge in [-0.05, 0) is 24.1 Å². The summed E-state index contributed by atoms with van der Waals surface area (Å²) in [6.07, 6.45) is 0.762. The van der Waals surface area contributed by atoms with Crippen molar-refractivity contribution in [2.75, 3.05) is 0 Å². The van der Waals surface area contributed by atoms with Gasteiger partial charge < -0.3 is 5.73 Å². The fourth-order valence-electron chi connectivity index (χ4n) is 1.02. The molecule has 1 rings (SSSR count). The van der Waals surface area contributed by atoms with Crippen LogP contribution in [0.4, 0.5) is 4.39 Å². The number of hydrogen-bond donors (Lipinski definition) is 1. The topological polar surface area (TPSA) is 26.0 Å². The summed E-state index contributed by atoms with van der Waals surface area (Å²) in [6.45, 7) is 1.94. The minimum atomic E-state index is -0.588. The number of nitrogens with two attached hydrogens (primary N) is 1. The Kier molecular flexibility index (Phi) is 3.54. The van der Waals surface area contributed by atoms with Gasteiger partial charge in [0.2, 0.25) is 0 Å². The van der Waals surface area contributed by atoms with Crippen molar-refractivity contribution in [3.05, 3.63) is 33.6 Å². The molecule has 0 spiro atoms. The molecule has 0 aliphatic rings. The quantitative estimate of drug-likeness (QED) is 0.761. The van der Waals surface area contributed by atoms with Crippen molar-refractivity contribution in [3.63, 3.8) is 0 Å². The molecule has 13 heavy (non-hydrogen) atoms. The largest absolute Gasteiger partial charge is 0.324 e. The highest BCUT2D eigenvalue weighted by Gasteiger charge is 2.10. The van der Waals surface area contributed by atoms with Gasteiger partial charge in [-0.25, -0.2) is 4.39 Å². The Morgan fingerprint density at radius 1 is 1.38 bits per heavy atom. The van der Waals surface area contributed by atoms with Gasteiger partial charge in [0.05, 0.1) is 10.0 Å². The van der Waals surface area contributed by atoms with Gasteiger partial charge in [0.15, 0.2) is 5.82 Å². The zero-order chi connectivity index (χ0) is 10.0. The lowest BCUT2D eigenvalue weighted by Crippen LogP contribution is -2.08. The van der Waals surface area contributed by atoms with Crippen LogP contribution in [0.1, 0.15) is 24.9 Å². The first-order valence-electron chi connectivity index (χ1n) is 3.96. The highest BCUT2D eigenvalue weighted by atomic mass is 35.5. The monoisotopic (exact) mass is 221 g/mol. The van der Waals surface area contributed by atoms with Gasteiger partial charge in [0.25, 0.3) is 0 Å². The molecule has 0 aliphatic heterocycles. The minimum Gasteiger partial charge on any atom is -0.324 e. The van der Waals surface area contributed by atoms with E-state index in [2.05, 4.69) is 0 Å². The number of halogens is 3. The Balaban J connectivity index is 3.13. The van der Waals surface area contributed by atoms with Gasteiger partial charge in [-0.2, -0.15) is 0 Å². The van der Waals surface area contributed by atoms with Crippen LogP contribution in [0, 0.1) is 5.82 Å². The minimum absolute atomic E-state index is 0.0198. The maximum Gasteiger partial charge on any atom is 0.160 e. The SMILES string of the molecule is CCC(N)c1cc(Cl)c(F)c(Cl)c1. The van der Waals surface area contributed by atoms with Gasteiger partial charge in [0, 0.05) is 6.04 Å². The average Bonchev–Trinajstić information content (AvgIpc) is 2.12. The Bertz CT molecular complexity index is 291. The molecular formula is C9H10Cl2FN. The van der Waals surface area contributed by atoms with Gasteiger partial charge in [-0.15, -0.1) is 0 Å². The Labute approximate surface area is 86.6 Å². The van der Waals surface area contributed by atoms with Crippen LogP contribution in [-0.2, 0) is 0 Å². The summed E-state index contributed by atoms with van der Waals surface area (Å²) in [5, 5.41) is 0.0396. The molecule has 0 saturated carbocycles. The molecule has 0 aliphatic carbocycles. The first-order valence-corrected chi connectivity index (χ1v) is 4.71. The predicted molar refractivity (Wildman–Crippen MR) is 53.6 cm³/mol. The van der Waals surface area contributed by atoms with E-state index >= 15 is 0 Å². The Morgan fingerprint density at radius 2 is 1.85 bits per heavy atom. The fourth-order valence-corrected chi connectivity index (χ4v) is 1.53. The summed E-state index contributed by atoms with van der Waals surface area (Å²) < 4.78 is 13.0. The molecule has 72 valence electrons. The van der Waals surface area contributed by atoms with E-state index in [9.17, 15) is 4.39 Å². The summed E-state index contributed by atoms with van der Waals surface area (Å²) in [4.78, 5) is 0. The molecule has 1 nitrogen and oxygen atoms in total. The molecule has 0 saturated heterocycles. The van der Waals surface area contributed by atoms with E-state index in [1.807, 2.05) is 6.92 Å². The molecule has 0 bridgehead atoms. The van der Waals surface area contributed by atoms with Crippen molar-refractivity contribution >= 4 is 23.2 Å². The maximum absolute atomic E-state index is 13.0. The van der Waals surface area contributed by atoms with Crippen molar-refractivity contribution in [2.45, 2.75) is 19.4 Å². The molecule has 1 atom stereocenters. The second-order valence-electron chi connectivity index (χ2n) is 2.81. The van der Waals surface area contributed by atoms with Crippen molar-refractivity contribution < 1.29 is 4.39 Å². The second-order valence-corrected chi connectivity index (χ2v) is 3.63. The third-order valence-corrected chi connectivity index (χ3v) is 2.42. The number of rotatable bonds is 2. The molecule has 0 heterocycles. The zero-order valence-electron chi connectivity index (χ0n) is 7.15. The highest BCUT2D eigenvalue weighted by molar-refractivity contribution is 6.35. The Hall–Kier alpha value is -0.310. The highest BCUT2D eigenvalue weighted by Crippen LogP contribution is 2.27. The number of benzene rings is 1. The molecule has 2 N–H and O–H groups in total. The molecule has 1 unspecified atom stereocenters. The molecule has 0 radical (unpaired) electrons. The molecule has 0 amide bonds. The second kappa shape index (κ2) is 4.27. The lowest BCUT2D eigenvalue weighted by Gasteiger charge is -2.10. The smallest absolute Gasteiger partial charge is 0.160 e. The van der Waals surface area contributed by atoms with E-state index in [1.54, 1.807) is 0 Å². The molecule has 1 aromatic carbocycles. The van der Waals surface area contributed by atoms with Gasteiger partial charge in [0.1, 0.15) is 0 Å². The molecule has 1 aromatic rings. The summed E-state index contributed by atoms with van der Waals surface area (Å²) in [7, 11) is 0. The van der Waals surface area contributed by atoms with Crippen molar-refractivity contribution in [3.8, 4) is 0 Å². The maximum atomic E-state index is 13.0. The van der Waals surface area contributed by atoms with Crippen LogP contribution in [0.2, 0.25) is 10.0 Å². The van der Waals surface area contributed by atoms with Crippen LogP contribution >= 0.6 is 23.2 Å². The van der Waals surface area contributed by atoms with E-state index in [-0.39, 0.29) is 16.1 Å². The fraction of sp³-hybridized carbons (Fsp3) is 0.333. The van der Waals surface area contributed by atoms with E-state index in [4.69, 9.17) is 28.9 Å². The number of hydrogen-bond acceptors (Lipinski definition) is 1. The third kappa shape index (κ3) is 2.33. The van der Waals surface area contributed by atoms with E-state index in [0.29, 0.717) is 0 Å². The molecule has 0 fully saturated rings. The first-order chi connectivity index (χ1) is 6.06. The van der Waals surface area contributed by atoms with Crippen LogP contribution in [0.3, 0.4) is 0 Å². The summed E-state index contributed by atoms with van der Waals surface area (Å²) in [5.74, 6) is -0.588. The van der Waals surface area contributed by atoms with Crippen LogP contribution in [-0.4, -0.2) is 0 Å². The zero-order valence-corrected chi connectivity index (χ0v) is 8.66. The van der Waals surface area contributed by atoms with Gasteiger partial charge in [-0.3, -0.25) is 0 Å². The van der Waals surface area contributed by atoms with Crippen molar-refractivity contribution in [1.82, 2.24) is 0 Å². The molecule has 4 heteroatoms. The lowest BCUT2D eigenvalue weighted by atomic mass is 10.1. The van der Waals surface area contributed by atoms with E-state index in [0.717, 1.165) is 12.0 Å². The molecular weight excluding hydrogens is 212 g/mol. The summed E-state index contributed by atoms with van der Waals surface area (Å²) in [5.41, 5.74) is 6.51. The predicted octanol–water partition coefficient (Wildman–Crippen LogP) is 3.54. The average molecular weight is 222 g/mol. The molecule has 0 aromatic heterocycles. The summed E-state index contributed by atoms with van der Waals surface area (Å²) in [6, 6.07) is 2.88. The van der Waals surface area contributed by atoms with Crippen LogP contribution < -0.4 is 5.73 Å². The van der Waals surface area contributed by atoms with Crippen LogP contribution in [0.15, 0.2) is 12.1 Å². The normalized spacial score (nSPS) is 13.0. The Morgan fingerprint density at radius 3 is 2.23 bits per heavy atom. The van der Waals surface area contributed by atoms with Gasteiger partial charge in [-0.1, -0.05) is 30.1 Å². The van der Waals surface area contributed by atoms with Gasteiger partial charge >= 0.3 is 0 Å². The lowest BCUT2D eigenvalue weighted by molar-refractivity contribution is 0.624. The first kappa shape index (κ1) is 10.8. The third-order valence-electron chi connectivity index (χ3n) is 1.87. The standard InChI is InChI=1S/C9H10Cl2FN/c1-2-8(13)5-3-6(10)9(12)7(11)4-5/h3-4,8H,2,13H2,1H3. The van der Waals surface area contributed by atoms with Crippen LogP contribution in [0.25, 0.3) is 0 Å². The van der Waals surface area contributed by atoms with Crippen LogP contribution in [0.5, 0.6) is 0 Å². The van der Waals surface area contributed by atoms with E-state index in [1.165, 1.54) is 12.1 Å². The summed E-state index contributed by atoms with van der Waals surface area (Å²) >= 11 is 11.2. The van der Waals surface area contributed by atoms with E-state index < -0.39 is 5.82 Å².